The van der Waals surface area contributed by atoms with E-state index in [1.165, 1.54) is 0 Å². The van der Waals surface area contributed by atoms with Crippen molar-refractivity contribution in [3.8, 4) is 11.5 Å². The zero-order valence-electron chi connectivity index (χ0n) is 9.19. The first kappa shape index (κ1) is 12.9. The molecule has 0 aliphatic carbocycles. The number of nitrogens with two attached hydrogens (primary N) is 1. The van der Waals surface area contributed by atoms with E-state index >= 15 is 0 Å². The highest BCUT2D eigenvalue weighted by molar-refractivity contribution is 9.10. The number of nitrogen functional groups attached to an aromatic ring is 1. The maximum Gasteiger partial charge on any atom is 0.151 e. The summed E-state index contributed by atoms with van der Waals surface area (Å²) in [6.45, 7) is 0. The average Bonchev–Trinajstić information content (AvgIpc) is 2.37. The molecule has 0 bridgehead atoms. The van der Waals surface area contributed by atoms with Crippen molar-refractivity contribution in [2.45, 2.75) is 0 Å². The fraction of sp³-hybridized carbons (Fsp3) is 0. The van der Waals surface area contributed by atoms with Crippen LogP contribution in [-0.2, 0) is 0 Å². The van der Waals surface area contributed by atoms with Gasteiger partial charge in [-0.05, 0) is 46.3 Å². The second kappa shape index (κ2) is 5.42. The number of carbonyl (C=O) groups excluding carboxylic acids is 1. The van der Waals surface area contributed by atoms with Gasteiger partial charge in [-0.2, -0.15) is 0 Å². The van der Waals surface area contributed by atoms with E-state index in [-0.39, 0.29) is 0 Å². The smallest absolute Gasteiger partial charge is 0.151 e. The van der Waals surface area contributed by atoms with Crippen LogP contribution in [0.1, 0.15) is 10.4 Å². The van der Waals surface area contributed by atoms with Crippen molar-refractivity contribution < 1.29 is 9.53 Å². The van der Waals surface area contributed by atoms with Crippen LogP contribution in [0.4, 0.5) is 5.69 Å². The molecular weight excluding hydrogens is 318 g/mol. The zero-order chi connectivity index (χ0) is 13.1. The van der Waals surface area contributed by atoms with Crippen molar-refractivity contribution in [2.75, 3.05) is 5.73 Å². The van der Waals surface area contributed by atoms with Crippen molar-refractivity contribution >= 4 is 39.5 Å². The van der Waals surface area contributed by atoms with Crippen molar-refractivity contribution in [3.63, 3.8) is 0 Å². The molecule has 5 heteroatoms. The number of ether oxygens (including phenoxy) is 1. The molecule has 0 radical (unpaired) electrons. The molecule has 0 aromatic heterocycles. The molecule has 0 aliphatic heterocycles. The molecule has 0 fully saturated rings. The predicted molar refractivity (Wildman–Crippen MR) is 75.5 cm³/mol. The minimum absolute atomic E-state index is 0.419. The van der Waals surface area contributed by atoms with Gasteiger partial charge in [-0.3, -0.25) is 4.79 Å². The maximum atomic E-state index is 10.7. The van der Waals surface area contributed by atoms with Gasteiger partial charge in [0.2, 0.25) is 0 Å². The van der Waals surface area contributed by atoms with Gasteiger partial charge in [0.1, 0.15) is 12.0 Å². The quantitative estimate of drug-likeness (QED) is 0.676. The summed E-state index contributed by atoms with van der Waals surface area (Å²) in [5.74, 6) is 0.958. The summed E-state index contributed by atoms with van der Waals surface area (Å²) in [6.07, 6.45) is 0.735. The molecule has 2 N–H and O–H groups in total. The van der Waals surface area contributed by atoms with Crippen LogP contribution < -0.4 is 10.5 Å². The number of anilines is 1. The van der Waals surface area contributed by atoms with Crippen molar-refractivity contribution in [1.82, 2.24) is 0 Å². The number of carbonyl (C=O) groups is 1. The van der Waals surface area contributed by atoms with Crippen LogP contribution in [-0.4, -0.2) is 6.29 Å². The summed E-state index contributed by atoms with van der Waals surface area (Å²) < 4.78 is 6.29. The number of rotatable bonds is 3. The molecule has 2 rings (SSSR count). The van der Waals surface area contributed by atoms with Gasteiger partial charge in [-0.15, -0.1) is 0 Å². The summed E-state index contributed by atoms with van der Waals surface area (Å²) in [6, 6.07) is 10.1. The first-order chi connectivity index (χ1) is 8.61. The third-order valence-electron chi connectivity index (χ3n) is 2.31. The lowest BCUT2D eigenvalue weighted by atomic mass is 10.2. The standard InChI is InChI=1S/C13H9BrClNO2/c14-13-9(15)2-1-3-11(13)18-12-6-8(7-17)4-5-10(12)16/h1-7H,16H2. The summed E-state index contributed by atoms with van der Waals surface area (Å²) in [5, 5.41) is 0.539. The van der Waals surface area contributed by atoms with Gasteiger partial charge in [-0.25, -0.2) is 0 Å². The van der Waals surface area contributed by atoms with Crippen LogP contribution in [0.2, 0.25) is 5.02 Å². The van der Waals surface area contributed by atoms with Crippen LogP contribution in [0.25, 0.3) is 0 Å². The molecule has 0 heterocycles. The molecule has 18 heavy (non-hydrogen) atoms. The molecule has 0 unspecified atom stereocenters. The van der Waals surface area contributed by atoms with Crippen LogP contribution >= 0.6 is 27.5 Å². The molecule has 92 valence electrons. The Morgan fingerprint density at radius 3 is 2.72 bits per heavy atom. The third kappa shape index (κ3) is 2.66. The first-order valence-electron chi connectivity index (χ1n) is 5.08. The van der Waals surface area contributed by atoms with E-state index in [9.17, 15) is 4.79 Å². The molecule has 0 spiro atoms. The van der Waals surface area contributed by atoms with E-state index in [2.05, 4.69) is 15.9 Å². The average molecular weight is 327 g/mol. The summed E-state index contributed by atoms with van der Waals surface area (Å²) in [4.78, 5) is 10.7. The normalized spacial score (nSPS) is 10.1. The van der Waals surface area contributed by atoms with Gasteiger partial charge in [-0.1, -0.05) is 17.7 Å². The number of aldehydes is 1. The predicted octanol–water partition coefficient (Wildman–Crippen LogP) is 4.29. The summed E-state index contributed by atoms with van der Waals surface area (Å²) >= 11 is 9.29. The van der Waals surface area contributed by atoms with Gasteiger partial charge >= 0.3 is 0 Å². The maximum absolute atomic E-state index is 10.7. The Morgan fingerprint density at radius 1 is 1.22 bits per heavy atom. The van der Waals surface area contributed by atoms with Crippen LogP contribution in [0, 0.1) is 0 Å². The fourth-order valence-electron chi connectivity index (χ4n) is 1.39. The Bertz CT molecular complexity index is 602. The minimum Gasteiger partial charge on any atom is -0.454 e. The molecule has 0 amide bonds. The molecule has 0 atom stereocenters. The van der Waals surface area contributed by atoms with E-state index in [1.54, 1.807) is 36.4 Å². The minimum atomic E-state index is 0.419. The Morgan fingerprint density at radius 2 is 2.00 bits per heavy atom. The van der Waals surface area contributed by atoms with E-state index in [1.807, 2.05) is 0 Å². The number of benzene rings is 2. The topological polar surface area (TPSA) is 52.3 Å². The molecule has 0 aliphatic rings. The molecule has 0 saturated heterocycles. The van der Waals surface area contributed by atoms with E-state index in [0.29, 0.717) is 32.2 Å². The lowest BCUT2D eigenvalue weighted by Gasteiger charge is -2.11. The van der Waals surface area contributed by atoms with Crippen LogP contribution in [0.3, 0.4) is 0 Å². The molecule has 2 aromatic rings. The molecule has 3 nitrogen and oxygen atoms in total. The first-order valence-corrected chi connectivity index (χ1v) is 6.25. The van der Waals surface area contributed by atoms with E-state index in [0.717, 1.165) is 6.29 Å². The Balaban J connectivity index is 2.39. The molecule has 2 aromatic carbocycles. The summed E-state index contributed by atoms with van der Waals surface area (Å²) in [5.41, 5.74) is 6.74. The Labute approximate surface area is 118 Å². The lowest BCUT2D eigenvalue weighted by Crippen LogP contribution is -1.94. The van der Waals surface area contributed by atoms with Crippen molar-refractivity contribution in [3.05, 3.63) is 51.5 Å². The number of hydrogen-bond acceptors (Lipinski definition) is 3. The van der Waals surface area contributed by atoms with Gasteiger partial charge in [0.05, 0.1) is 15.2 Å². The van der Waals surface area contributed by atoms with Gasteiger partial charge in [0.15, 0.2) is 5.75 Å². The van der Waals surface area contributed by atoms with Crippen LogP contribution in [0.5, 0.6) is 11.5 Å². The number of halogens is 2. The zero-order valence-corrected chi connectivity index (χ0v) is 11.5. The monoisotopic (exact) mass is 325 g/mol. The summed E-state index contributed by atoms with van der Waals surface area (Å²) in [7, 11) is 0. The molecule has 0 saturated carbocycles. The Kier molecular flexibility index (Phi) is 3.89. The second-order valence-electron chi connectivity index (χ2n) is 3.57. The van der Waals surface area contributed by atoms with E-state index < -0.39 is 0 Å². The lowest BCUT2D eigenvalue weighted by molar-refractivity contribution is 0.112. The van der Waals surface area contributed by atoms with Crippen LogP contribution in [0.15, 0.2) is 40.9 Å². The second-order valence-corrected chi connectivity index (χ2v) is 4.77. The third-order valence-corrected chi connectivity index (χ3v) is 3.67. The van der Waals surface area contributed by atoms with E-state index in [4.69, 9.17) is 22.1 Å². The SMILES string of the molecule is Nc1ccc(C=O)cc1Oc1cccc(Cl)c1Br. The van der Waals surface area contributed by atoms with Crippen molar-refractivity contribution in [2.24, 2.45) is 0 Å². The molecular formula is C13H9BrClNO2. The van der Waals surface area contributed by atoms with Gasteiger partial charge < -0.3 is 10.5 Å². The van der Waals surface area contributed by atoms with Crippen molar-refractivity contribution in [1.29, 1.82) is 0 Å². The largest absolute Gasteiger partial charge is 0.454 e. The van der Waals surface area contributed by atoms with Gasteiger partial charge in [0.25, 0.3) is 0 Å². The number of hydrogen-bond donors (Lipinski definition) is 1. The highest BCUT2D eigenvalue weighted by Gasteiger charge is 2.08. The highest BCUT2D eigenvalue weighted by Crippen LogP contribution is 2.36. The fourth-order valence-corrected chi connectivity index (χ4v) is 1.91. The Hall–Kier alpha value is -1.52. The highest BCUT2D eigenvalue weighted by atomic mass is 79.9. The van der Waals surface area contributed by atoms with Gasteiger partial charge in [0, 0.05) is 5.56 Å².